The van der Waals surface area contributed by atoms with E-state index in [1.54, 1.807) is 43.0 Å². The minimum absolute atomic E-state index is 0.150. The zero-order valence-corrected chi connectivity index (χ0v) is 19.4. The molecule has 0 unspecified atom stereocenters. The number of carbonyl (C=O) groups excluding carboxylic acids is 1. The van der Waals surface area contributed by atoms with E-state index in [0.29, 0.717) is 28.9 Å². The van der Waals surface area contributed by atoms with Crippen LogP contribution >= 0.6 is 0 Å². The number of nitrogens with one attached hydrogen (secondary N) is 1. The summed E-state index contributed by atoms with van der Waals surface area (Å²) < 4.78 is 45.7. The molecule has 2 heterocycles. The van der Waals surface area contributed by atoms with Crippen molar-refractivity contribution in [3.8, 4) is 11.4 Å². The summed E-state index contributed by atoms with van der Waals surface area (Å²) in [6.07, 6.45) is 0.705. The van der Waals surface area contributed by atoms with Crippen molar-refractivity contribution in [1.82, 2.24) is 19.9 Å². The number of hydrogen-bond donors (Lipinski definition) is 1. The molecular formula is C28H21F3N4O2. The fraction of sp³-hybridized carbons (Fsp3) is 0.107. The number of ether oxygens (including phenoxy) is 1. The molecule has 0 atom stereocenters. The van der Waals surface area contributed by atoms with Crippen LogP contribution in [0.1, 0.15) is 27.0 Å². The van der Waals surface area contributed by atoms with Crippen molar-refractivity contribution in [2.75, 3.05) is 0 Å². The molecule has 0 saturated heterocycles. The van der Waals surface area contributed by atoms with Crippen LogP contribution in [0.3, 0.4) is 0 Å². The van der Waals surface area contributed by atoms with E-state index in [2.05, 4.69) is 15.3 Å². The highest BCUT2D eigenvalue weighted by Crippen LogP contribution is 2.29. The average molecular weight is 502 g/mol. The van der Waals surface area contributed by atoms with Crippen LogP contribution < -0.4 is 10.1 Å². The Morgan fingerprint density at radius 2 is 1.73 bits per heavy atom. The molecule has 9 heteroatoms. The second-order valence-corrected chi connectivity index (χ2v) is 8.34. The molecule has 0 spiro atoms. The number of fused-ring (bicyclic) bond motifs is 1. The first-order valence-electron chi connectivity index (χ1n) is 11.4. The highest BCUT2D eigenvalue weighted by molar-refractivity contribution is 5.97. The number of benzene rings is 3. The molecule has 0 radical (unpaired) electrons. The number of halogens is 3. The summed E-state index contributed by atoms with van der Waals surface area (Å²) in [4.78, 5) is 21.1. The molecular weight excluding hydrogens is 481 g/mol. The molecule has 3 aromatic carbocycles. The van der Waals surface area contributed by atoms with Gasteiger partial charge in [-0.05, 0) is 71.8 Å². The third-order valence-corrected chi connectivity index (χ3v) is 5.79. The molecule has 0 aliphatic carbocycles. The number of imidazole rings is 1. The number of amides is 1. The molecule has 5 aromatic rings. The van der Waals surface area contributed by atoms with Crippen molar-refractivity contribution in [3.05, 3.63) is 120 Å². The van der Waals surface area contributed by atoms with Crippen molar-refractivity contribution < 1.29 is 22.7 Å². The second kappa shape index (κ2) is 10.1. The van der Waals surface area contributed by atoms with Crippen LogP contribution in [0.15, 0.2) is 97.6 Å². The Morgan fingerprint density at radius 3 is 2.43 bits per heavy atom. The highest BCUT2D eigenvalue weighted by atomic mass is 19.4. The Balaban J connectivity index is 1.23. The lowest BCUT2D eigenvalue weighted by molar-refractivity contribution is -0.137. The number of alkyl halides is 3. The Labute approximate surface area is 210 Å². The molecule has 37 heavy (non-hydrogen) atoms. The zero-order chi connectivity index (χ0) is 25.8. The maximum atomic E-state index is 12.7. The highest BCUT2D eigenvalue weighted by Gasteiger charge is 2.29. The SMILES string of the molecule is O=C(NCc1cccnc1)c1ccc2c(c1)ncn2-c1ccc(OCc2ccc(C(F)(F)F)cc2)cc1. The fourth-order valence-electron chi connectivity index (χ4n) is 3.81. The standard InChI is InChI=1S/C28H21F3N4O2/c29-28(30,31)22-6-3-19(4-7-22)17-37-24-10-8-23(9-11-24)35-18-34-25-14-21(5-12-26(25)35)27(36)33-16-20-2-1-13-32-15-20/h1-15,18H,16-17H2,(H,33,36). The van der Waals surface area contributed by atoms with Gasteiger partial charge < -0.3 is 10.1 Å². The van der Waals surface area contributed by atoms with Gasteiger partial charge in [-0.25, -0.2) is 4.98 Å². The summed E-state index contributed by atoms with van der Waals surface area (Å²) >= 11 is 0. The van der Waals surface area contributed by atoms with Crippen LogP contribution in [0, 0.1) is 0 Å². The van der Waals surface area contributed by atoms with Crippen molar-refractivity contribution in [2.45, 2.75) is 19.3 Å². The van der Waals surface area contributed by atoms with Crippen LogP contribution in [0.4, 0.5) is 13.2 Å². The van der Waals surface area contributed by atoms with Gasteiger partial charge >= 0.3 is 6.18 Å². The Morgan fingerprint density at radius 1 is 0.946 bits per heavy atom. The number of carbonyl (C=O) groups is 1. The van der Waals surface area contributed by atoms with Crippen LogP contribution in [-0.2, 0) is 19.3 Å². The maximum Gasteiger partial charge on any atom is 0.416 e. The predicted molar refractivity (Wildman–Crippen MR) is 132 cm³/mol. The number of pyridine rings is 1. The van der Waals surface area contributed by atoms with Crippen molar-refractivity contribution in [2.24, 2.45) is 0 Å². The normalized spacial score (nSPS) is 11.4. The van der Waals surface area contributed by atoms with Gasteiger partial charge in [-0.2, -0.15) is 13.2 Å². The summed E-state index contributed by atoms with van der Waals surface area (Å²) in [7, 11) is 0. The van der Waals surface area contributed by atoms with E-state index in [4.69, 9.17) is 4.74 Å². The Bertz CT molecular complexity index is 1510. The van der Waals surface area contributed by atoms with Gasteiger partial charge in [0.2, 0.25) is 0 Å². The number of rotatable bonds is 7. The van der Waals surface area contributed by atoms with Gasteiger partial charge in [0, 0.05) is 30.2 Å². The summed E-state index contributed by atoms with van der Waals surface area (Å²) in [5.41, 5.74) is 3.72. The van der Waals surface area contributed by atoms with E-state index in [-0.39, 0.29) is 12.5 Å². The van der Waals surface area contributed by atoms with Crippen LogP contribution in [-0.4, -0.2) is 20.4 Å². The smallest absolute Gasteiger partial charge is 0.416 e. The fourth-order valence-corrected chi connectivity index (χ4v) is 3.81. The largest absolute Gasteiger partial charge is 0.489 e. The first-order chi connectivity index (χ1) is 17.9. The first-order valence-corrected chi connectivity index (χ1v) is 11.4. The van der Waals surface area contributed by atoms with Gasteiger partial charge in [0.25, 0.3) is 5.91 Å². The molecule has 2 aromatic heterocycles. The molecule has 1 N–H and O–H groups in total. The molecule has 0 aliphatic rings. The van der Waals surface area contributed by atoms with E-state index in [9.17, 15) is 18.0 Å². The zero-order valence-electron chi connectivity index (χ0n) is 19.4. The molecule has 0 saturated carbocycles. The number of aromatic nitrogens is 3. The molecule has 1 amide bonds. The van der Waals surface area contributed by atoms with Gasteiger partial charge in [-0.3, -0.25) is 14.3 Å². The van der Waals surface area contributed by atoms with Crippen molar-refractivity contribution >= 4 is 16.9 Å². The van der Waals surface area contributed by atoms with E-state index >= 15 is 0 Å². The van der Waals surface area contributed by atoms with Crippen LogP contribution in [0.2, 0.25) is 0 Å². The lowest BCUT2D eigenvalue weighted by Gasteiger charge is -2.10. The van der Waals surface area contributed by atoms with Crippen molar-refractivity contribution in [3.63, 3.8) is 0 Å². The van der Waals surface area contributed by atoms with Crippen molar-refractivity contribution in [1.29, 1.82) is 0 Å². The quantitative estimate of drug-likeness (QED) is 0.299. The summed E-state index contributed by atoms with van der Waals surface area (Å²) in [5, 5.41) is 2.88. The third kappa shape index (κ3) is 5.61. The minimum atomic E-state index is -4.36. The summed E-state index contributed by atoms with van der Waals surface area (Å²) in [6.45, 7) is 0.531. The van der Waals surface area contributed by atoms with E-state index in [0.717, 1.165) is 28.9 Å². The molecule has 0 aliphatic heterocycles. The van der Waals surface area contributed by atoms with Crippen LogP contribution in [0.25, 0.3) is 16.7 Å². The second-order valence-electron chi connectivity index (χ2n) is 8.34. The molecule has 0 fully saturated rings. The third-order valence-electron chi connectivity index (χ3n) is 5.79. The van der Waals surface area contributed by atoms with Gasteiger partial charge in [0.05, 0.1) is 16.6 Å². The van der Waals surface area contributed by atoms with Crippen LogP contribution in [0.5, 0.6) is 5.75 Å². The van der Waals surface area contributed by atoms with Gasteiger partial charge in [0.1, 0.15) is 18.7 Å². The summed E-state index contributed by atoms with van der Waals surface area (Å²) in [5.74, 6) is 0.385. The molecule has 5 rings (SSSR count). The maximum absolute atomic E-state index is 12.7. The van der Waals surface area contributed by atoms with E-state index in [1.807, 2.05) is 34.9 Å². The topological polar surface area (TPSA) is 69.0 Å². The van der Waals surface area contributed by atoms with Gasteiger partial charge in [0.15, 0.2) is 0 Å². The molecule has 186 valence electrons. The lowest BCUT2D eigenvalue weighted by Crippen LogP contribution is -2.22. The molecule has 0 bridgehead atoms. The molecule has 6 nitrogen and oxygen atoms in total. The Hall–Kier alpha value is -4.66. The minimum Gasteiger partial charge on any atom is -0.489 e. The number of hydrogen-bond acceptors (Lipinski definition) is 4. The lowest BCUT2D eigenvalue weighted by atomic mass is 10.1. The first kappa shape index (κ1) is 24.1. The van der Waals surface area contributed by atoms with Gasteiger partial charge in [-0.15, -0.1) is 0 Å². The average Bonchev–Trinajstić information content (AvgIpc) is 3.34. The summed E-state index contributed by atoms with van der Waals surface area (Å²) in [6, 6.07) is 21.2. The monoisotopic (exact) mass is 502 g/mol. The van der Waals surface area contributed by atoms with Gasteiger partial charge in [-0.1, -0.05) is 18.2 Å². The predicted octanol–water partition coefficient (Wildman–Crippen LogP) is 5.95. The Kier molecular flexibility index (Phi) is 6.59. The van der Waals surface area contributed by atoms with E-state index < -0.39 is 11.7 Å². The van der Waals surface area contributed by atoms with E-state index in [1.165, 1.54) is 12.1 Å². The number of nitrogens with zero attached hydrogens (tertiary/aromatic N) is 3.